The molecule has 0 unspecified atom stereocenters. The molecule has 0 radical (unpaired) electrons. The summed E-state index contributed by atoms with van der Waals surface area (Å²) in [6, 6.07) is 3.68. The van der Waals surface area contributed by atoms with Crippen LogP contribution in [0.1, 0.15) is 5.69 Å². The Balaban J connectivity index is 2.23. The number of rotatable bonds is 3. The molecule has 0 atom stereocenters. The number of nitrogens with zero attached hydrogens (tertiary/aromatic N) is 2. The van der Waals surface area contributed by atoms with Crippen molar-refractivity contribution in [2.24, 2.45) is 7.05 Å². The van der Waals surface area contributed by atoms with Crippen LogP contribution in [0.15, 0.2) is 24.5 Å². The average molecular weight is 205 g/mol. The van der Waals surface area contributed by atoms with Gasteiger partial charge >= 0.3 is 5.97 Å². The molecule has 2 N–H and O–H groups in total. The van der Waals surface area contributed by atoms with E-state index in [2.05, 4.69) is 10.2 Å². The number of carboxylic acids is 1. The average Bonchev–Trinajstić information content (AvgIpc) is 2.72. The molecule has 0 aliphatic rings. The lowest BCUT2D eigenvalue weighted by molar-refractivity contribution is -0.136. The van der Waals surface area contributed by atoms with Crippen molar-refractivity contribution in [1.82, 2.24) is 14.8 Å². The number of aliphatic carboxylic acids is 1. The summed E-state index contributed by atoms with van der Waals surface area (Å²) in [5, 5.41) is 15.4. The largest absolute Gasteiger partial charge is 0.481 e. The van der Waals surface area contributed by atoms with E-state index in [9.17, 15) is 4.79 Å². The number of carbonyl (C=O) groups is 1. The summed E-state index contributed by atoms with van der Waals surface area (Å²) in [6.45, 7) is 0. The van der Waals surface area contributed by atoms with E-state index in [1.165, 1.54) is 0 Å². The minimum Gasteiger partial charge on any atom is -0.481 e. The van der Waals surface area contributed by atoms with Gasteiger partial charge < -0.3 is 9.67 Å². The van der Waals surface area contributed by atoms with Crippen molar-refractivity contribution in [3.8, 4) is 11.3 Å². The molecule has 0 spiro atoms. The second-order valence-corrected chi connectivity index (χ2v) is 3.41. The van der Waals surface area contributed by atoms with Gasteiger partial charge in [0.25, 0.3) is 0 Å². The van der Waals surface area contributed by atoms with Crippen LogP contribution in [0, 0.1) is 0 Å². The van der Waals surface area contributed by atoms with E-state index < -0.39 is 5.97 Å². The highest BCUT2D eigenvalue weighted by molar-refractivity contribution is 5.70. The number of aromatic nitrogens is 3. The molecular weight excluding hydrogens is 194 g/mol. The Bertz CT molecular complexity index is 484. The van der Waals surface area contributed by atoms with Crippen molar-refractivity contribution in [3.05, 3.63) is 30.2 Å². The first-order valence-corrected chi connectivity index (χ1v) is 4.53. The van der Waals surface area contributed by atoms with Crippen LogP contribution in [0.25, 0.3) is 11.3 Å². The zero-order chi connectivity index (χ0) is 10.8. The molecule has 0 aromatic carbocycles. The first-order chi connectivity index (χ1) is 7.15. The number of hydrogen-bond acceptors (Lipinski definition) is 2. The monoisotopic (exact) mass is 205 g/mol. The fourth-order valence-corrected chi connectivity index (χ4v) is 1.42. The maximum Gasteiger partial charge on any atom is 0.309 e. The lowest BCUT2D eigenvalue weighted by Gasteiger charge is -1.88. The van der Waals surface area contributed by atoms with Gasteiger partial charge in [-0.2, -0.15) is 5.10 Å². The number of H-pyrrole nitrogens is 1. The third-order valence-electron chi connectivity index (χ3n) is 2.10. The SMILES string of the molecule is Cn1ccc(-c2cc(CC(=O)O)[nH]n2)c1. The molecule has 2 heterocycles. The van der Waals surface area contributed by atoms with E-state index in [0.717, 1.165) is 11.3 Å². The third-order valence-corrected chi connectivity index (χ3v) is 2.10. The van der Waals surface area contributed by atoms with Gasteiger partial charge in [0.2, 0.25) is 0 Å². The number of carboxylic acid groups (broad SMARTS) is 1. The summed E-state index contributed by atoms with van der Waals surface area (Å²) in [5.41, 5.74) is 2.36. The first-order valence-electron chi connectivity index (χ1n) is 4.53. The van der Waals surface area contributed by atoms with Crippen LogP contribution in [0.3, 0.4) is 0 Å². The molecule has 78 valence electrons. The quantitative estimate of drug-likeness (QED) is 0.786. The molecule has 15 heavy (non-hydrogen) atoms. The molecule has 2 aromatic rings. The normalized spacial score (nSPS) is 10.5. The van der Waals surface area contributed by atoms with Gasteiger partial charge in [0.15, 0.2) is 0 Å². The van der Waals surface area contributed by atoms with Gasteiger partial charge in [0.05, 0.1) is 12.1 Å². The van der Waals surface area contributed by atoms with Gasteiger partial charge in [-0.25, -0.2) is 0 Å². The van der Waals surface area contributed by atoms with Crippen molar-refractivity contribution >= 4 is 5.97 Å². The highest BCUT2D eigenvalue weighted by atomic mass is 16.4. The smallest absolute Gasteiger partial charge is 0.309 e. The second kappa shape index (κ2) is 3.61. The van der Waals surface area contributed by atoms with Gasteiger partial charge in [-0.1, -0.05) is 0 Å². The summed E-state index contributed by atoms with van der Waals surface area (Å²) in [4.78, 5) is 10.5. The van der Waals surface area contributed by atoms with Crippen LogP contribution in [0.4, 0.5) is 0 Å². The summed E-state index contributed by atoms with van der Waals surface area (Å²) in [7, 11) is 1.92. The van der Waals surface area contributed by atoms with Crippen LogP contribution in [0.5, 0.6) is 0 Å². The maximum absolute atomic E-state index is 10.5. The molecule has 0 aliphatic heterocycles. The third kappa shape index (κ3) is 2.07. The Labute approximate surface area is 86.4 Å². The highest BCUT2D eigenvalue weighted by Gasteiger charge is 2.07. The molecule has 5 nitrogen and oxygen atoms in total. The van der Waals surface area contributed by atoms with E-state index in [-0.39, 0.29) is 6.42 Å². The highest BCUT2D eigenvalue weighted by Crippen LogP contribution is 2.17. The number of aromatic amines is 1. The predicted molar refractivity (Wildman–Crippen MR) is 54.3 cm³/mol. The van der Waals surface area contributed by atoms with E-state index in [0.29, 0.717) is 5.69 Å². The Morgan fingerprint density at radius 3 is 3.07 bits per heavy atom. The van der Waals surface area contributed by atoms with Crippen molar-refractivity contribution in [3.63, 3.8) is 0 Å². The molecule has 0 bridgehead atoms. The predicted octanol–water partition coefficient (Wildman–Crippen LogP) is 1.04. The van der Waals surface area contributed by atoms with Gasteiger partial charge in [-0.05, 0) is 12.1 Å². The minimum atomic E-state index is -0.863. The first kappa shape index (κ1) is 9.51. The summed E-state index contributed by atoms with van der Waals surface area (Å²) < 4.78 is 1.92. The molecule has 0 aliphatic carbocycles. The van der Waals surface area contributed by atoms with E-state index in [1.807, 2.05) is 30.1 Å². The van der Waals surface area contributed by atoms with Crippen molar-refractivity contribution < 1.29 is 9.90 Å². The molecular formula is C10H11N3O2. The molecule has 5 heteroatoms. The lowest BCUT2D eigenvalue weighted by atomic mass is 10.2. The van der Waals surface area contributed by atoms with E-state index >= 15 is 0 Å². The standard InChI is InChI=1S/C10H11N3O2/c1-13-3-2-7(6-13)9-4-8(11-12-9)5-10(14)15/h2-4,6H,5H2,1H3,(H,11,12)(H,14,15). The number of nitrogens with one attached hydrogen (secondary N) is 1. The number of hydrogen-bond donors (Lipinski definition) is 2. The fraction of sp³-hybridized carbons (Fsp3) is 0.200. The van der Waals surface area contributed by atoms with E-state index in [1.54, 1.807) is 6.07 Å². The van der Waals surface area contributed by atoms with Crippen LogP contribution < -0.4 is 0 Å². The summed E-state index contributed by atoms with van der Waals surface area (Å²) >= 11 is 0. The molecule has 2 aromatic heterocycles. The van der Waals surface area contributed by atoms with Crippen LogP contribution in [0.2, 0.25) is 0 Å². The van der Waals surface area contributed by atoms with Gasteiger partial charge in [0, 0.05) is 30.7 Å². The van der Waals surface area contributed by atoms with Gasteiger partial charge in [-0.3, -0.25) is 9.89 Å². The Kier molecular flexibility index (Phi) is 2.29. The number of aryl methyl sites for hydroxylation is 1. The minimum absolute atomic E-state index is 0.0279. The molecule has 2 rings (SSSR count). The zero-order valence-electron chi connectivity index (χ0n) is 8.27. The van der Waals surface area contributed by atoms with Crippen molar-refractivity contribution in [2.45, 2.75) is 6.42 Å². The van der Waals surface area contributed by atoms with Crippen LogP contribution >= 0.6 is 0 Å². The van der Waals surface area contributed by atoms with Crippen molar-refractivity contribution in [2.75, 3.05) is 0 Å². The van der Waals surface area contributed by atoms with Crippen LogP contribution in [-0.4, -0.2) is 25.8 Å². The molecule has 0 saturated carbocycles. The summed E-state index contributed by atoms with van der Waals surface area (Å²) in [5.74, 6) is -0.863. The molecule has 0 saturated heterocycles. The lowest BCUT2D eigenvalue weighted by Crippen LogP contribution is -1.99. The van der Waals surface area contributed by atoms with Gasteiger partial charge in [0.1, 0.15) is 0 Å². The second-order valence-electron chi connectivity index (χ2n) is 3.41. The Morgan fingerprint density at radius 2 is 2.47 bits per heavy atom. The Morgan fingerprint density at radius 1 is 1.67 bits per heavy atom. The Hall–Kier alpha value is -2.04. The maximum atomic E-state index is 10.5. The molecule has 0 amide bonds. The van der Waals surface area contributed by atoms with Crippen molar-refractivity contribution in [1.29, 1.82) is 0 Å². The van der Waals surface area contributed by atoms with Crippen LogP contribution in [-0.2, 0) is 18.3 Å². The summed E-state index contributed by atoms with van der Waals surface area (Å²) in [6.07, 6.45) is 3.82. The van der Waals surface area contributed by atoms with Gasteiger partial charge in [-0.15, -0.1) is 0 Å². The van der Waals surface area contributed by atoms with E-state index in [4.69, 9.17) is 5.11 Å². The zero-order valence-corrected chi connectivity index (χ0v) is 8.27. The fourth-order valence-electron chi connectivity index (χ4n) is 1.42. The molecule has 0 fully saturated rings. The topological polar surface area (TPSA) is 70.9 Å².